The molecule has 0 aliphatic heterocycles. The number of nitro groups is 1. The molecule has 2 rings (SSSR count). The molecule has 0 aliphatic carbocycles. The number of aliphatic hydroxyl groups is 1. The summed E-state index contributed by atoms with van der Waals surface area (Å²) in [6, 6.07) is 6.42. The maximum absolute atomic E-state index is 11.0. The molecule has 7 heteroatoms. The van der Waals surface area contributed by atoms with E-state index in [0.717, 1.165) is 11.4 Å². The summed E-state index contributed by atoms with van der Waals surface area (Å²) in [7, 11) is 3.79. The minimum Gasteiger partial charge on any atom is -0.387 e. The highest BCUT2D eigenvalue weighted by Gasteiger charge is 2.21. The number of rotatable bonds is 6. The second-order valence-electron chi connectivity index (χ2n) is 6.36. The molecule has 124 valence electrons. The van der Waals surface area contributed by atoms with Crippen molar-refractivity contribution >= 4 is 22.3 Å². The Morgan fingerprint density at radius 3 is 2.70 bits per heavy atom. The summed E-state index contributed by atoms with van der Waals surface area (Å²) in [6.07, 6.45) is 0. The van der Waals surface area contributed by atoms with Crippen LogP contribution in [-0.2, 0) is 0 Å². The van der Waals surface area contributed by atoms with Crippen LogP contribution >= 0.6 is 0 Å². The summed E-state index contributed by atoms with van der Waals surface area (Å²) >= 11 is 0. The van der Waals surface area contributed by atoms with Crippen molar-refractivity contribution in [2.45, 2.75) is 19.4 Å². The predicted molar refractivity (Wildman–Crippen MR) is 90.8 cm³/mol. The minimum atomic E-state index is -0.923. The molecule has 1 aromatic heterocycles. The fourth-order valence-electron chi connectivity index (χ4n) is 2.63. The molecule has 1 aromatic carbocycles. The molecular formula is C16H22N4O3. The number of hydrogen-bond donors (Lipinski definition) is 2. The van der Waals surface area contributed by atoms with Crippen molar-refractivity contribution in [3.8, 4) is 0 Å². The van der Waals surface area contributed by atoms with Crippen LogP contribution in [0.3, 0.4) is 0 Å². The Labute approximate surface area is 135 Å². The van der Waals surface area contributed by atoms with Gasteiger partial charge in [0.05, 0.1) is 16.0 Å². The van der Waals surface area contributed by atoms with Crippen molar-refractivity contribution in [3.63, 3.8) is 0 Å². The molecule has 0 saturated heterocycles. The van der Waals surface area contributed by atoms with Gasteiger partial charge in [0.2, 0.25) is 0 Å². The molecule has 0 unspecified atom stereocenters. The lowest BCUT2D eigenvalue weighted by atomic mass is 10.1. The molecule has 1 atom stereocenters. The van der Waals surface area contributed by atoms with Gasteiger partial charge in [-0.15, -0.1) is 0 Å². The molecular weight excluding hydrogens is 296 g/mol. The molecule has 0 aliphatic rings. The van der Waals surface area contributed by atoms with Crippen LogP contribution in [0.15, 0.2) is 24.3 Å². The number of non-ortho nitro benzene ring substituents is 1. The number of nitro benzene ring substituents is 1. The van der Waals surface area contributed by atoms with E-state index in [-0.39, 0.29) is 5.69 Å². The van der Waals surface area contributed by atoms with Gasteiger partial charge in [0.1, 0.15) is 0 Å². The number of hydrogen-bond acceptors (Lipinski definition) is 6. The topological polar surface area (TPSA) is 91.5 Å². The fourth-order valence-corrected chi connectivity index (χ4v) is 2.63. The summed E-state index contributed by atoms with van der Waals surface area (Å²) in [5.74, 6) is 0. The predicted octanol–water partition coefficient (Wildman–Crippen LogP) is 2.18. The van der Waals surface area contributed by atoms with Crippen molar-refractivity contribution in [2.24, 2.45) is 0 Å². The Morgan fingerprint density at radius 2 is 2.09 bits per heavy atom. The van der Waals surface area contributed by atoms with Gasteiger partial charge in [0.15, 0.2) is 0 Å². The third kappa shape index (κ3) is 4.37. The number of aromatic nitrogens is 1. The third-order valence-corrected chi connectivity index (χ3v) is 3.45. The highest BCUT2D eigenvalue weighted by molar-refractivity contribution is 5.93. The number of pyridine rings is 1. The Hall–Kier alpha value is -2.25. The molecule has 0 amide bonds. The van der Waals surface area contributed by atoms with E-state index in [0.29, 0.717) is 24.0 Å². The summed E-state index contributed by atoms with van der Waals surface area (Å²) in [6.45, 7) is 4.44. The number of benzene rings is 1. The molecule has 23 heavy (non-hydrogen) atoms. The second-order valence-corrected chi connectivity index (χ2v) is 6.36. The number of nitrogens with one attached hydrogen (secondary N) is 1. The van der Waals surface area contributed by atoms with Gasteiger partial charge in [-0.05, 0) is 40.1 Å². The van der Waals surface area contributed by atoms with Gasteiger partial charge in [0.25, 0.3) is 5.69 Å². The van der Waals surface area contributed by atoms with E-state index in [1.54, 1.807) is 13.0 Å². The lowest BCUT2D eigenvalue weighted by molar-refractivity contribution is -0.384. The number of nitrogens with zero attached hydrogens (tertiary/aromatic N) is 3. The molecule has 1 heterocycles. The van der Waals surface area contributed by atoms with Gasteiger partial charge >= 0.3 is 0 Å². The zero-order chi connectivity index (χ0) is 17.2. The smallest absolute Gasteiger partial charge is 0.270 e. The van der Waals surface area contributed by atoms with Crippen molar-refractivity contribution < 1.29 is 10.0 Å². The van der Waals surface area contributed by atoms with Crippen LogP contribution in [0.2, 0.25) is 0 Å². The van der Waals surface area contributed by atoms with Crippen molar-refractivity contribution in [1.29, 1.82) is 0 Å². The number of likely N-dealkylation sites (N-methyl/N-ethyl adjacent to an activating group) is 1. The number of aryl methyl sites for hydroxylation is 1. The van der Waals surface area contributed by atoms with Gasteiger partial charge in [-0.1, -0.05) is 0 Å². The largest absolute Gasteiger partial charge is 0.387 e. The number of anilines is 1. The van der Waals surface area contributed by atoms with Crippen LogP contribution in [0.5, 0.6) is 0 Å². The molecule has 0 radical (unpaired) electrons. The summed E-state index contributed by atoms with van der Waals surface area (Å²) < 4.78 is 0. The molecule has 0 fully saturated rings. The first kappa shape index (κ1) is 17.1. The van der Waals surface area contributed by atoms with Gasteiger partial charge < -0.3 is 15.3 Å². The molecule has 0 saturated carbocycles. The van der Waals surface area contributed by atoms with Crippen molar-refractivity contribution in [1.82, 2.24) is 9.88 Å². The monoisotopic (exact) mass is 318 g/mol. The van der Waals surface area contributed by atoms with Crippen LogP contribution in [0.25, 0.3) is 10.9 Å². The normalized spacial score (nSPS) is 14.0. The van der Waals surface area contributed by atoms with Crippen molar-refractivity contribution in [3.05, 3.63) is 40.1 Å². The first-order chi connectivity index (χ1) is 10.7. The van der Waals surface area contributed by atoms with E-state index in [9.17, 15) is 15.2 Å². The standard InChI is InChI=1S/C16H22N4O3/c1-11-7-15(17-9-16(2,21)10-19(3)4)13-8-12(20(22)23)5-6-14(13)18-11/h5-8,21H,9-10H2,1-4H3,(H,17,18)/t16-/m1/s1. The Morgan fingerprint density at radius 1 is 1.39 bits per heavy atom. The maximum atomic E-state index is 11.0. The quantitative estimate of drug-likeness (QED) is 0.626. The highest BCUT2D eigenvalue weighted by Crippen LogP contribution is 2.27. The van der Waals surface area contributed by atoms with Crippen LogP contribution in [0.1, 0.15) is 12.6 Å². The minimum absolute atomic E-state index is 0.0197. The summed E-state index contributed by atoms with van der Waals surface area (Å²) in [4.78, 5) is 16.9. The van der Waals surface area contributed by atoms with Crippen LogP contribution in [0.4, 0.5) is 11.4 Å². The molecule has 2 N–H and O–H groups in total. The van der Waals surface area contributed by atoms with Gasteiger partial charge in [-0.25, -0.2) is 0 Å². The zero-order valence-corrected chi connectivity index (χ0v) is 13.8. The maximum Gasteiger partial charge on any atom is 0.270 e. The van der Waals surface area contributed by atoms with E-state index in [1.165, 1.54) is 12.1 Å². The summed E-state index contributed by atoms with van der Waals surface area (Å²) in [5.41, 5.74) is 1.32. The number of fused-ring (bicyclic) bond motifs is 1. The SMILES string of the molecule is Cc1cc(NC[C@@](C)(O)CN(C)C)c2cc([N+](=O)[O-])ccc2n1. The molecule has 2 aromatic rings. The van der Waals surface area contributed by atoms with Crippen LogP contribution in [-0.4, -0.2) is 52.7 Å². The molecule has 0 spiro atoms. The Bertz CT molecular complexity index is 729. The van der Waals surface area contributed by atoms with E-state index in [4.69, 9.17) is 0 Å². The first-order valence-corrected chi connectivity index (χ1v) is 7.35. The molecule has 7 nitrogen and oxygen atoms in total. The van der Waals surface area contributed by atoms with Crippen molar-refractivity contribution in [2.75, 3.05) is 32.5 Å². The lowest BCUT2D eigenvalue weighted by Gasteiger charge is -2.27. The van der Waals surface area contributed by atoms with E-state index >= 15 is 0 Å². The van der Waals surface area contributed by atoms with E-state index < -0.39 is 10.5 Å². The van der Waals surface area contributed by atoms with Gasteiger partial charge in [0, 0.05) is 42.0 Å². The Kier molecular flexibility index (Phi) is 4.82. The first-order valence-electron chi connectivity index (χ1n) is 7.35. The zero-order valence-electron chi connectivity index (χ0n) is 13.8. The van der Waals surface area contributed by atoms with E-state index in [2.05, 4.69) is 10.3 Å². The second kappa shape index (κ2) is 6.47. The Balaban J connectivity index is 2.35. The summed E-state index contributed by atoms with van der Waals surface area (Å²) in [5, 5.41) is 25.3. The average molecular weight is 318 g/mol. The fraction of sp³-hybridized carbons (Fsp3) is 0.438. The third-order valence-electron chi connectivity index (χ3n) is 3.45. The van der Waals surface area contributed by atoms with E-state index in [1.807, 2.05) is 32.0 Å². The van der Waals surface area contributed by atoms with Crippen LogP contribution in [0, 0.1) is 17.0 Å². The van der Waals surface area contributed by atoms with Gasteiger partial charge in [-0.2, -0.15) is 0 Å². The van der Waals surface area contributed by atoms with Gasteiger partial charge in [-0.3, -0.25) is 15.1 Å². The highest BCUT2D eigenvalue weighted by atomic mass is 16.6. The average Bonchev–Trinajstić information content (AvgIpc) is 2.42. The van der Waals surface area contributed by atoms with Crippen LogP contribution < -0.4 is 5.32 Å². The lowest BCUT2D eigenvalue weighted by Crippen LogP contribution is -2.43. The molecule has 0 bridgehead atoms.